The van der Waals surface area contributed by atoms with Gasteiger partial charge in [0.05, 0.1) is 23.0 Å². The summed E-state index contributed by atoms with van der Waals surface area (Å²) in [5.74, 6) is -1.43. The van der Waals surface area contributed by atoms with Gasteiger partial charge >= 0.3 is 0 Å². The van der Waals surface area contributed by atoms with Crippen molar-refractivity contribution in [1.82, 2.24) is 26.3 Å². The summed E-state index contributed by atoms with van der Waals surface area (Å²) in [7, 11) is 0. The summed E-state index contributed by atoms with van der Waals surface area (Å²) in [6.07, 6.45) is 1.93. The molecule has 4 N–H and O–H groups in total. The van der Waals surface area contributed by atoms with Gasteiger partial charge in [-0.1, -0.05) is 56.3 Å². The molecule has 234 valence electrons. The molecule has 3 atom stereocenters. The van der Waals surface area contributed by atoms with E-state index in [1.807, 2.05) is 56.5 Å². The van der Waals surface area contributed by atoms with E-state index in [2.05, 4.69) is 26.3 Å². The van der Waals surface area contributed by atoms with Gasteiger partial charge in [0.25, 0.3) is 5.91 Å². The second-order valence-electron chi connectivity index (χ2n) is 11.5. The van der Waals surface area contributed by atoms with Crippen LogP contribution in [0.3, 0.4) is 0 Å². The average molecular weight is 620 g/mol. The zero-order chi connectivity index (χ0) is 31.5. The Morgan fingerprint density at radius 3 is 2.52 bits per heavy atom. The lowest BCUT2D eigenvalue weighted by Crippen LogP contribution is -2.54. The number of nitrogens with zero attached hydrogens (tertiary/aromatic N) is 1. The molecule has 0 spiro atoms. The van der Waals surface area contributed by atoms with Crippen molar-refractivity contribution in [2.45, 2.75) is 71.0 Å². The van der Waals surface area contributed by atoms with Crippen LogP contribution in [0.25, 0.3) is 0 Å². The highest BCUT2D eigenvalue weighted by atomic mass is 32.1. The molecule has 4 rings (SSSR count). The molecule has 0 fully saturated rings. The van der Waals surface area contributed by atoms with Crippen molar-refractivity contribution in [2.24, 2.45) is 5.92 Å². The van der Waals surface area contributed by atoms with Crippen LogP contribution in [0.5, 0.6) is 5.75 Å². The van der Waals surface area contributed by atoms with E-state index in [9.17, 15) is 19.2 Å². The summed E-state index contributed by atoms with van der Waals surface area (Å²) in [4.78, 5) is 58.0. The normalized spacial score (nSPS) is 19.5. The fraction of sp³-hybridized carbons (Fsp3) is 0.424. The number of aryl methyl sites for hydroxylation is 2. The number of carbonyl (C=O) groups excluding carboxylic acids is 4. The summed E-state index contributed by atoms with van der Waals surface area (Å²) in [6.45, 7) is 6.32. The van der Waals surface area contributed by atoms with Crippen LogP contribution in [0.1, 0.15) is 59.7 Å². The highest BCUT2D eigenvalue weighted by molar-refractivity contribution is 7.09. The van der Waals surface area contributed by atoms with E-state index in [0.717, 1.165) is 16.3 Å². The number of ether oxygens (including phenoxy) is 1. The minimum absolute atomic E-state index is 0.0931. The Labute approximate surface area is 262 Å². The molecule has 1 aromatic heterocycles. The Hall–Kier alpha value is -4.25. The summed E-state index contributed by atoms with van der Waals surface area (Å²) in [5.41, 5.74) is 2.20. The zero-order valence-electron chi connectivity index (χ0n) is 25.4. The van der Waals surface area contributed by atoms with E-state index in [1.54, 1.807) is 35.6 Å². The number of amides is 4. The Morgan fingerprint density at radius 2 is 1.80 bits per heavy atom. The lowest BCUT2D eigenvalue weighted by Gasteiger charge is -2.27. The van der Waals surface area contributed by atoms with Gasteiger partial charge in [0.1, 0.15) is 24.4 Å². The molecule has 0 saturated carbocycles. The molecule has 1 aliphatic heterocycles. The van der Waals surface area contributed by atoms with E-state index < -0.39 is 35.8 Å². The minimum Gasteiger partial charge on any atom is -0.491 e. The Kier molecular flexibility index (Phi) is 11.9. The number of fused-ring (bicyclic) bond motifs is 1. The van der Waals surface area contributed by atoms with Crippen molar-refractivity contribution < 1.29 is 23.9 Å². The molecular weight excluding hydrogens is 578 g/mol. The van der Waals surface area contributed by atoms with Gasteiger partial charge in [0.2, 0.25) is 17.7 Å². The first kappa shape index (κ1) is 32.7. The summed E-state index contributed by atoms with van der Waals surface area (Å²) >= 11 is 1.57. The number of nitrogens with one attached hydrogen (secondary N) is 4. The number of para-hydroxylation sites is 1. The fourth-order valence-corrected chi connectivity index (χ4v) is 5.82. The first-order valence-electron chi connectivity index (χ1n) is 15.0. The molecule has 2 heterocycles. The van der Waals surface area contributed by atoms with E-state index in [0.29, 0.717) is 38.0 Å². The molecule has 4 amide bonds. The number of thiazole rings is 1. The van der Waals surface area contributed by atoms with Crippen molar-refractivity contribution in [3.05, 3.63) is 81.8 Å². The zero-order valence-corrected chi connectivity index (χ0v) is 26.2. The smallest absolute Gasteiger partial charge is 0.255 e. The summed E-state index contributed by atoms with van der Waals surface area (Å²) in [5, 5.41) is 14.4. The molecule has 1 aliphatic rings. The van der Waals surface area contributed by atoms with E-state index >= 15 is 0 Å². The van der Waals surface area contributed by atoms with Crippen molar-refractivity contribution >= 4 is 35.0 Å². The maximum atomic E-state index is 13.5. The molecule has 10 nitrogen and oxygen atoms in total. The third-order valence-corrected chi connectivity index (χ3v) is 8.17. The largest absolute Gasteiger partial charge is 0.491 e. The topological polar surface area (TPSA) is 139 Å². The van der Waals surface area contributed by atoms with Gasteiger partial charge in [0.15, 0.2) is 0 Å². The predicted molar refractivity (Wildman–Crippen MR) is 169 cm³/mol. The van der Waals surface area contributed by atoms with Crippen LogP contribution >= 0.6 is 11.3 Å². The molecule has 0 radical (unpaired) electrons. The molecular formula is C33H41N5O5S. The fourth-order valence-electron chi connectivity index (χ4n) is 5.00. The van der Waals surface area contributed by atoms with Crippen LogP contribution < -0.4 is 26.0 Å². The van der Waals surface area contributed by atoms with Gasteiger partial charge in [-0.3, -0.25) is 19.2 Å². The maximum absolute atomic E-state index is 13.5. The van der Waals surface area contributed by atoms with Gasteiger partial charge in [-0.15, -0.1) is 11.3 Å². The average Bonchev–Trinajstić information content (AvgIpc) is 3.42. The molecule has 11 heteroatoms. The number of benzene rings is 2. The Balaban J connectivity index is 1.54. The number of hydrogen-bond acceptors (Lipinski definition) is 7. The number of hydrogen-bond donors (Lipinski definition) is 4. The quantitative estimate of drug-likeness (QED) is 0.271. The third-order valence-electron chi connectivity index (χ3n) is 7.15. The van der Waals surface area contributed by atoms with Gasteiger partial charge in [0, 0.05) is 24.0 Å². The molecule has 0 aliphatic carbocycles. The van der Waals surface area contributed by atoms with Crippen LogP contribution in [0.15, 0.2) is 60.0 Å². The standard InChI is InChI=1S/C33H41N5O5S/c1-21(2)16-26-33(42)36-24(17-23-10-5-4-6-11-23)19-43-28-13-8-7-12-25(28)31(40)38-27(18-29(39)37-26)32(41)34-15-9-14-30-35-22(3)20-44-30/h4-8,10-13,20-21,24,26-27H,9,14-19H2,1-3H3,(H,34,41)(H,36,42)(H,37,39)(H,38,40)/t24-,26+,27+/m1/s1. The van der Waals surface area contributed by atoms with Gasteiger partial charge in [-0.25, -0.2) is 4.98 Å². The van der Waals surface area contributed by atoms with Crippen molar-refractivity contribution in [2.75, 3.05) is 13.2 Å². The van der Waals surface area contributed by atoms with Crippen LogP contribution in [0, 0.1) is 12.8 Å². The molecule has 0 unspecified atom stereocenters. The highest BCUT2D eigenvalue weighted by Crippen LogP contribution is 2.20. The molecule has 0 bridgehead atoms. The van der Waals surface area contributed by atoms with Crippen molar-refractivity contribution in [3.8, 4) is 5.75 Å². The second-order valence-corrected chi connectivity index (χ2v) is 12.4. The van der Waals surface area contributed by atoms with Gasteiger partial charge < -0.3 is 26.0 Å². The lowest BCUT2D eigenvalue weighted by atomic mass is 10.0. The van der Waals surface area contributed by atoms with Gasteiger partial charge in [-0.05, 0) is 49.8 Å². The molecule has 2 aromatic carbocycles. The second kappa shape index (κ2) is 16.0. The first-order chi connectivity index (χ1) is 21.2. The van der Waals surface area contributed by atoms with E-state index in [-0.39, 0.29) is 30.4 Å². The number of aromatic nitrogens is 1. The summed E-state index contributed by atoms with van der Waals surface area (Å²) in [6, 6.07) is 14.0. The van der Waals surface area contributed by atoms with Crippen LogP contribution in [-0.2, 0) is 27.2 Å². The SMILES string of the molecule is Cc1csc(CCCNC(=O)[C@@H]2CC(=O)N[C@@H](CC(C)C)C(=O)N[C@H](Cc3ccccc3)COc3ccccc3C(=O)N2)n1. The third kappa shape index (κ3) is 9.90. The van der Waals surface area contributed by atoms with E-state index in [1.165, 1.54) is 0 Å². The molecule has 0 saturated heterocycles. The number of carbonyl (C=O) groups is 4. The summed E-state index contributed by atoms with van der Waals surface area (Å²) < 4.78 is 6.12. The van der Waals surface area contributed by atoms with Crippen molar-refractivity contribution in [1.29, 1.82) is 0 Å². The highest BCUT2D eigenvalue weighted by Gasteiger charge is 2.30. The first-order valence-corrected chi connectivity index (χ1v) is 15.9. The monoisotopic (exact) mass is 619 g/mol. The van der Waals surface area contributed by atoms with Crippen LogP contribution in [-0.4, -0.2) is 59.9 Å². The Morgan fingerprint density at radius 1 is 1.05 bits per heavy atom. The Bertz CT molecular complexity index is 1430. The lowest BCUT2D eigenvalue weighted by molar-refractivity contribution is -0.131. The minimum atomic E-state index is -1.16. The van der Waals surface area contributed by atoms with Gasteiger partial charge in [-0.2, -0.15) is 0 Å². The molecule has 44 heavy (non-hydrogen) atoms. The van der Waals surface area contributed by atoms with E-state index in [4.69, 9.17) is 4.74 Å². The maximum Gasteiger partial charge on any atom is 0.255 e. The van der Waals surface area contributed by atoms with Crippen LogP contribution in [0.4, 0.5) is 0 Å². The van der Waals surface area contributed by atoms with Crippen molar-refractivity contribution in [3.63, 3.8) is 0 Å². The van der Waals surface area contributed by atoms with Crippen LogP contribution in [0.2, 0.25) is 0 Å². The predicted octanol–water partition coefficient (Wildman–Crippen LogP) is 3.34. The number of rotatable bonds is 9. The molecule has 3 aromatic rings.